The topological polar surface area (TPSA) is 21.3 Å². The van der Waals surface area contributed by atoms with Gasteiger partial charge in [-0.25, -0.2) is 0 Å². The number of hydrogen-bond donors (Lipinski definition) is 1. The average Bonchev–Trinajstić information content (AvgIpc) is 2.35. The van der Waals surface area contributed by atoms with Gasteiger partial charge in [-0.2, -0.15) is 0 Å². The van der Waals surface area contributed by atoms with Gasteiger partial charge in [-0.05, 0) is 51.1 Å². The van der Waals surface area contributed by atoms with E-state index in [4.69, 9.17) is 4.74 Å². The van der Waals surface area contributed by atoms with Crippen LogP contribution in [0.2, 0.25) is 0 Å². The molecule has 1 atom stereocenters. The minimum atomic E-state index is 0.238. The van der Waals surface area contributed by atoms with Crippen LogP contribution in [0.25, 0.3) is 0 Å². The highest BCUT2D eigenvalue weighted by Crippen LogP contribution is 2.39. The largest absolute Gasteiger partial charge is 0.375 e. The molecule has 0 aromatic carbocycles. The van der Waals surface area contributed by atoms with Crippen molar-refractivity contribution in [1.82, 2.24) is 5.32 Å². The summed E-state index contributed by atoms with van der Waals surface area (Å²) in [6.45, 7) is 9.92. The van der Waals surface area contributed by atoms with Crippen molar-refractivity contribution in [2.45, 2.75) is 77.7 Å². The lowest BCUT2D eigenvalue weighted by atomic mass is 9.77. The molecule has 0 amide bonds. The zero-order valence-corrected chi connectivity index (χ0v) is 12.8. The molecule has 1 aliphatic carbocycles. The second kappa shape index (κ2) is 8.92. The predicted octanol–water partition coefficient (Wildman–Crippen LogP) is 4.14. The normalized spacial score (nSPS) is 19.5. The summed E-state index contributed by atoms with van der Waals surface area (Å²) in [5, 5.41) is 3.43. The van der Waals surface area contributed by atoms with E-state index in [1.54, 1.807) is 0 Å². The van der Waals surface area contributed by atoms with Crippen LogP contribution in [0, 0.1) is 5.92 Å². The van der Waals surface area contributed by atoms with Crippen molar-refractivity contribution in [2.75, 3.05) is 19.7 Å². The maximum absolute atomic E-state index is 6.32. The first-order valence-corrected chi connectivity index (χ1v) is 8.11. The van der Waals surface area contributed by atoms with Gasteiger partial charge in [0, 0.05) is 0 Å². The summed E-state index contributed by atoms with van der Waals surface area (Å²) in [6.07, 6.45) is 10.4. The van der Waals surface area contributed by atoms with Crippen LogP contribution < -0.4 is 5.32 Å². The molecule has 0 heterocycles. The van der Waals surface area contributed by atoms with Crippen LogP contribution >= 0.6 is 0 Å². The van der Waals surface area contributed by atoms with Crippen molar-refractivity contribution in [2.24, 2.45) is 5.92 Å². The molecule has 0 spiro atoms. The number of rotatable bonds is 11. The van der Waals surface area contributed by atoms with Gasteiger partial charge >= 0.3 is 0 Å². The van der Waals surface area contributed by atoms with Crippen LogP contribution in [-0.2, 0) is 4.74 Å². The molecule has 1 aliphatic rings. The first kappa shape index (κ1) is 16.0. The third-order valence-corrected chi connectivity index (χ3v) is 4.44. The number of nitrogens with one attached hydrogen (secondary N) is 1. The average molecular weight is 255 g/mol. The Balaban J connectivity index is 2.24. The molecule has 1 rings (SSSR count). The first-order chi connectivity index (χ1) is 8.76. The van der Waals surface area contributed by atoms with Crippen LogP contribution in [0.15, 0.2) is 0 Å². The van der Waals surface area contributed by atoms with Crippen LogP contribution in [0.1, 0.15) is 72.1 Å². The fourth-order valence-corrected chi connectivity index (χ4v) is 2.72. The van der Waals surface area contributed by atoms with E-state index < -0.39 is 0 Å². The van der Waals surface area contributed by atoms with Crippen molar-refractivity contribution in [3.63, 3.8) is 0 Å². The molecule has 0 bridgehead atoms. The van der Waals surface area contributed by atoms with Crippen molar-refractivity contribution in [3.8, 4) is 0 Å². The lowest BCUT2D eigenvalue weighted by Gasteiger charge is -2.42. The highest BCUT2D eigenvalue weighted by Gasteiger charge is 2.37. The summed E-state index contributed by atoms with van der Waals surface area (Å²) in [5.74, 6) is 0.779. The molecule has 0 radical (unpaired) electrons. The molecule has 18 heavy (non-hydrogen) atoms. The van der Waals surface area contributed by atoms with Crippen LogP contribution in [0.4, 0.5) is 0 Å². The fraction of sp³-hybridized carbons (Fsp3) is 1.00. The smallest absolute Gasteiger partial charge is 0.0694 e. The second-order valence-electron chi connectivity index (χ2n) is 5.87. The van der Waals surface area contributed by atoms with Gasteiger partial charge in [-0.15, -0.1) is 0 Å². The molecule has 2 nitrogen and oxygen atoms in total. The van der Waals surface area contributed by atoms with Gasteiger partial charge < -0.3 is 10.1 Å². The van der Waals surface area contributed by atoms with Gasteiger partial charge in [-0.1, -0.05) is 40.0 Å². The molecule has 0 aliphatic heterocycles. The summed E-state index contributed by atoms with van der Waals surface area (Å²) in [6, 6.07) is 0. The van der Waals surface area contributed by atoms with Gasteiger partial charge in [0.1, 0.15) is 0 Å². The van der Waals surface area contributed by atoms with Crippen molar-refractivity contribution in [3.05, 3.63) is 0 Å². The molecule has 1 unspecified atom stereocenters. The number of ether oxygens (including phenoxy) is 1. The van der Waals surface area contributed by atoms with E-state index >= 15 is 0 Å². The van der Waals surface area contributed by atoms with Crippen molar-refractivity contribution < 1.29 is 4.74 Å². The Kier molecular flexibility index (Phi) is 7.92. The highest BCUT2D eigenvalue weighted by atomic mass is 16.5. The van der Waals surface area contributed by atoms with Gasteiger partial charge in [0.2, 0.25) is 0 Å². The molecule has 0 aromatic heterocycles. The van der Waals surface area contributed by atoms with E-state index in [2.05, 4.69) is 26.1 Å². The second-order valence-corrected chi connectivity index (χ2v) is 5.87. The molecule has 2 heteroatoms. The maximum atomic E-state index is 6.32. The minimum Gasteiger partial charge on any atom is -0.375 e. The Labute approximate surface area is 114 Å². The molecule has 1 saturated carbocycles. The Bertz CT molecular complexity index is 201. The molecule has 1 fully saturated rings. The lowest BCUT2D eigenvalue weighted by Crippen LogP contribution is -2.43. The van der Waals surface area contributed by atoms with Crippen molar-refractivity contribution >= 4 is 0 Å². The summed E-state index contributed by atoms with van der Waals surface area (Å²) >= 11 is 0. The van der Waals surface area contributed by atoms with Crippen LogP contribution in [0.5, 0.6) is 0 Å². The van der Waals surface area contributed by atoms with Gasteiger partial charge in [0.25, 0.3) is 0 Å². The van der Waals surface area contributed by atoms with Gasteiger partial charge in [0.05, 0.1) is 12.2 Å². The minimum absolute atomic E-state index is 0.238. The van der Waals surface area contributed by atoms with E-state index in [0.717, 1.165) is 25.6 Å². The molecule has 1 N–H and O–H groups in total. The zero-order chi connectivity index (χ0) is 13.3. The van der Waals surface area contributed by atoms with E-state index in [0.29, 0.717) is 0 Å². The van der Waals surface area contributed by atoms with E-state index in [-0.39, 0.29) is 5.60 Å². The summed E-state index contributed by atoms with van der Waals surface area (Å²) in [4.78, 5) is 0. The van der Waals surface area contributed by atoms with E-state index in [1.807, 2.05) is 0 Å². The fourth-order valence-electron chi connectivity index (χ4n) is 2.72. The van der Waals surface area contributed by atoms with Crippen LogP contribution in [-0.4, -0.2) is 25.3 Å². The number of unbranched alkanes of at least 4 members (excludes halogenated alkanes) is 1. The SMILES string of the molecule is CCCCC(CC)COC1(CCNCC)CCC1. The number of hydrogen-bond acceptors (Lipinski definition) is 2. The molecule has 108 valence electrons. The molecular weight excluding hydrogens is 222 g/mol. The first-order valence-electron chi connectivity index (χ1n) is 8.11. The Morgan fingerprint density at radius 3 is 2.50 bits per heavy atom. The monoisotopic (exact) mass is 255 g/mol. The highest BCUT2D eigenvalue weighted by molar-refractivity contribution is 4.90. The molecule has 0 saturated heterocycles. The standard InChI is InChI=1S/C16H33NO/c1-4-7-9-15(5-2)14-18-16(10-8-11-16)12-13-17-6-3/h15,17H,4-14H2,1-3H3. The summed E-state index contributed by atoms with van der Waals surface area (Å²) in [7, 11) is 0. The third-order valence-electron chi connectivity index (χ3n) is 4.44. The zero-order valence-electron chi connectivity index (χ0n) is 12.8. The van der Waals surface area contributed by atoms with Gasteiger partial charge in [0.15, 0.2) is 0 Å². The molecule has 0 aromatic rings. The Hall–Kier alpha value is -0.0800. The Morgan fingerprint density at radius 1 is 1.22 bits per heavy atom. The van der Waals surface area contributed by atoms with Crippen molar-refractivity contribution in [1.29, 1.82) is 0 Å². The maximum Gasteiger partial charge on any atom is 0.0694 e. The predicted molar refractivity (Wildman–Crippen MR) is 79.0 cm³/mol. The quantitative estimate of drug-likeness (QED) is 0.560. The lowest BCUT2D eigenvalue weighted by molar-refractivity contribution is -0.116. The Morgan fingerprint density at radius 2 is 2.00 bits per heavy atom. The summed E-state index contributed by atoms with van der Waals surface area (Å²) in [5.41, 5.74) is 0.238. The van der Waals surface area contributed by atoms with Crippen LogP contribution in [0.3, 0.4) is 0 Å². The molecular formula is C16H33NO. The third kappa shape index (κ3) is 5.27. The van der Waals surface area contributed by atoms with Gasteiger partial charge in [-0.3, -0.25) is 0 Å². The summed E-state index contributed by atoms with van der Waals surface area (Å²) < 4.78 is 6.32. The van der Waals surface area contributed by atoms with E-state index in [1.165, 1.54) is 51.4 Å². The van der Waals surface area contributed by atoms with E-state index in [9.17, 15) is 0 Å².